The Balaban J connectivity index is 1.64. The smallest absolute Gasteiger partial charge is 0.245 e. The van der Waals surface area contributed by atoms with E-state index in [2.05, 4.69) is 5.32 Å². The van der Waals surface area contributed by atoms with Crippen LogP contribution in [0.1, 0.15) is 25.7 Å². The molecule has 0 aliphatic carbocycles. The van der Waals surface area contributed by atoms with Crippen molar-refractivity contribution in [2.75, 3.05) is 33.2 Å². The quantitative estimate of drug-likeness (QED) is 0.835. The largest absolute Gasteiger partial charge is 0.338 e. The zero-order valence-corrected chi connectivity index (χ0v) is 15.8. The highest BCUT2D eigenvalue weighted by atomic mass is 32.2. The monoisotopic (exact) mass is 383 g/mol. The minimum Gasteiger partial charge on any atom is -0.338 e. The molecule has 1 N–H and O–H groups in total. The van der Waals surface area contributed by atoms with Crippen molar-refractivity contribution in [3.8, 4) is 0 Å². The highest BCUT2D eigenvalue weighted by Crippen LogP contribution is 2.28. The van der Waals surface area contributed by atoms with E-state index in [0.29, 0.717) is 12.8 Å². The van der Waals surface area contributed by atoms with Gasteiger partial charge in [-0.2, -0.15) is 4.31 Å². The molecule has 1 atom stereocenters. The van der Waals surface area contributed by atoms with Crippen LogP contribution in [0.3, 0.4) is 0 Å². The number of nitrogens with zero attached hydrogens (tertiary/aromatic N) is 2. The van der Waals surface area contributed by atoms with Gasteiger partial charge in [0.1, 0.15) is 10.7 Å². The van der Waals surface area contributed by atoms with E-state index in [4.69, 9.17) is 0 Å². The molecule has 0 radical (unpaired) electrons. The average molecular weight is 383 g/mol. The van der Waals surface area contributed by atoms with Crippen LogP contribution < -0.4 is 5.32 Å². The molecule has 2 saturated heterocycles. The molecular weight excluding hydrogens is 357 g/mol. The molecule has 8 heteroatoms. The van der Waals surface area contributed by atoms with Crippen molar-refractivity contribution in [1.82, 2.24) is 14.5 Å². The van der Waals surface area contributed by atoms with Gasteiger partial charge in [0.05, 0.1) is 0 Å². The molecule has 6 nitrogen and oxygen atoms in total. The number of hydrogen-bond acceptors (Lipinski definition) is 4. The molecule has 0 aromatic heterocycles. The first-order valence-electron chi connectivity index (χ1n) is 9.15. The van der Waals surface area contributed by atoms with Crippen LogP contribution in [0.4, 0.5) is 4.39 Å². The molecule has 2 aliphatic heterocycles. The summed E-state index contributed by atoms with van der Waals surface area (Å²) in [5, 5.41) is 3.13. The van der Waals surface area contributed by atoms with Crippen molar-refractivity contribution < 1.29 is 17.6 Å². The maximum Gasteiger partial charge on any atom is 0.245 e. The lowest BCUT2D eigenvalue weighted by molar-refractivity contribution is -0.137. The van der Waals surface area contributed by atoms with E-state index in [1.807, 2.05) is 11.9 Å². The SMILES string of the molecule is CNCC1CCCN1C(=O)C1CCN(S(=O)(=O)c2ccccc2F)CC1. The van der Waals surface area contributed by atoms with Crippen LogP contribution in [0.15, 0.2) is 29.2 Å². The zero-order chi connectivity index (χ0) is 18.7. The Hall–Kier alpha value is -1.51. The molecule has 2 aliphatic rings. The van der Waals surface area contributed by atoms with Gasteiger partial charge in [-0.15, -0.1) is 0 Å². The Labute approximate surface area is 154 Å². The van der Waals surface area contributed by atoms with E-state index in [9.17, 15) is 17.6 Å². The fraction of sp³-hybridized carbons (Fsp3) is 0.611. The summed E-state index contributed by atoms with van der Waals surface area (Å²) in [5.74, 6) is -0.761. The van der Waals surface area contributed by atoms with Gasteiger partial charge in [0.2, 0.25) is 15.9 Å². The minimum absolute atomic E-state index is 0.130. The van der Waals surface area contributed by atoms with Crippen molar-refractivity contribution in [3.05, 3.63) is 30.1 Å². The second-order valence-electron chi connectivity index (χ2n) is 6.99. The Morgan fingerprint density at radius 2 is 1.88 bits per heavy atom. The van der Waals surface area contributed by atoms with E-state index in [1.165, 1.54) is 22.5 Å². The summed E-state index contributed by atoms with van der Waals surface area (Å²) in [6.07, 6.45) is 2.98. The highest BCUT2D eigenvalue weighted by Gasteiger charge is 2.37. The first-order chi connectivity index (χ1) is 12.4. The van der Waals surface area contributed by atoms with Crippen LogP contribution in [0.25, 0.3) is 0 Å². The van der Waals surface area contributed by atoms with Crippen molar-refractivity contribution in [3.63, 3.8) is 0 Å². The minimum atomic E-state index is -3.86. The van der Waals surface area contributed by atoms with Gasteiger partial charge in [-0.05, 0) is 44.9 Å². The van der Waals surface area contributed by atoms with Crippen molar-refractivity contribution in [2.24, 2.45) is 5.92 Å². The fourth-order valence-electron chi connectivity index (χ4n) is 3.94. The van der Waals surface area contributed by atoms with Gasteiger partial charge in [-0.3, -0.25) is 4.79 Å². The third-order valence-corrected chi connectivity index (χ3v) is 7.29. The van der Waals surface area contributed by atoms with Crippen LogP contribution in [0, 0.1) is 11.7 Å². The third kappa shape index (κ3) is 3.77. The molecule has 1 aromatic rings. The second kappa shape index (κ2) is 8.02. The van der Waals surface area contributed by atoms with E-state index in [-0.39, 0.29) is 35.9 Å². The van der Waals surface area contributed by atoms with E-state index >= 15 is 0 Å². The molecule has 0 spiro atoms. The number of rotatable bonds is 5. The summed E-state index contributed by atoms with van der Waals surface area (Å²) in [6.45, 7) is 2.06. The zero-order valence-electron chi connectivity index (χ0n) is 15.0. The standard InChI is InChI=1S/C18H26FN3O3S/c1-20-13-15-5-4-10-22(15)18(23)14-8-11-21(12-9-14)26(24,25)17-7-3-2-6-16(17)19/h2-3,6-7,14-15,20H,4-5,8-13H2,1H3. The fourth-order valence-corrected chi connectivity index (χ4v) is 5.48. The highest BCUT2D eigenvalue weighted by molar-refractivity contribution is 7.89. The van der Waals surface area contributed by atoms with Crippen molar-refractivity contribution >= 4 is 15.9 Å². The molecule has 144 valence electrons. The summed E-state index contributed by atoms with van der Waals surface area (Å²) in [6, 6.07) is 5.65. The first kappa shape index (κ1) is 19.3. The van der Waals surface area contributed by atoms with Gasteiger partial charge in [-0.25, -0.2) is 12.8 Å². The lowest BCUT2D eigenvalue weighted by atomic mass is 9.96. The Bertz CT molecular complexity index is 748. The predicted octanol–water partition coefficient (Wildman–Crippen LogP) is 1.44. The van der Waals surface area contributed by atoms with Crippen LogP contribution in [0.2, 0.25) is 0 Å². The summed E-state index contributed by atoms with van der Waals surface area (Å²) in [5.41, 5.74) is 0. The molecule has 1 unspecified atom stereocenters. The number of carbonyl (C=O) groups excluding carboxylic acids is 1. The Morgan fingerprint density at radius 3 is 2.54 bits per heavy atom. The lowest BCUT2D eigenvalue weighted by Crippen LogP contribution is -2.47. The lowest BCUT2D eigenvalue weighted by Gasteiger charge is -2.34. The van der Waals surface area contributed by atoms with Crippen LogP contribution in [-0.2, 0) is 14.8 Å². The third-order valence-electron chi connectivity index (χ3n) is 5.36. The molecule has 2 heterocycles. The van der Waals surface area contributed by atoms with Gasteiger partial charge in [0, 0.05) is 38.1 Å². The van der Waals surface area contributed by atoms with Crippen LogP contribution >= 0.6 is 0 Å². The summed E-state index contributed by atoms with van der Waals surface area (Å²) in [7, 11) is -1.97. The Morgan fingerprint density at radius 1 is 1.19 bits per heavy atom. The number of piperidine rings is 1. The molecule has 26 heavy (non-hydrogen) atoms. The number of amides is 1. The van der Waals surface area contributed by atoms with Gasteiger partial charge in [-0.1, -0.05) is 12.1 Å². The van der Waals surface area contributed by atoms with Crippen molar-refractivity contribution in [1.29, 1.82) is 0 Å². The first-order valence-corrected chi connectivity index (χ1v) is 10.6. The number of halogens is 1. The van der Waals surface area contributed by atoms with Gasteiger partial charge >= 0.3 is 0 Å². The number of sulfonamides is 1. The summed E-state index contributed by atoms with van der Waals surface area (Å²) in [4.78, 5) is 14.5. The number of likely N-dealkylation sites (tertiary alicyclic amines) is 1. The predicted molar refractivity (Wildman–Crippen MR) is 96.5 cm³/mol. The molecule has 2 fully saturated rings. The van der Waals surface area contributed by atoms with Gasteiger partial charge in [0.25, 0.3) is 0 Å². The topological polar surface area (TPSA) is 69.7 Å². The van der Waals surface area contributed by atoms with E-state index in [0.717, 1.165) is 32.0 Å². The van der Waals surface area contributed by atoms with Crippen molar-refractivity contribution in [2.45, 2.75) is 36.6 Å². The summed E-state index contributed by atoms with van der Waals surface area (Å²) < 4.78 is 40.5. The number of carbonyl (C=O) groups is 1. The second-order valence-corrected chi connectivity index (χ2v) is 8.90. The number of likely N-dealkylation sites (N-methyl/N-ethyl adjacent to an activating group) is 1. The number of hydrogen-bond donors (Lipinski definition) is 1. The normalized spacial score (nSPS) is 22.7. The molecule has 0 bridgehead atoms. The number of benzene rings is 1. The van der Waals surface area contributed by atoms with Gasteiger partial charge in [0.15, 0.2) is 0 Å². The maximum absolute atomic E-state index is 13.9. The molecule has 0 saturated carbocycles. The summed E-state index contributed by atoms with van der Waals surface area (Å²) >= 11 is 0. The van der Waals surface area contributed by atoms with E-state index in [1.54, 1.807) is 0 Å². The Kier molecular flexibility index (Phi) is 5.94. The number of nitrogens with one attached hydrogen (secondary N) is 1. The van der Waals surface area contributed by atoms with Crippen LogP contribution in [-0.4, -0.2) is 62.8 Å². The van der Waals surface area contributed by atoms with E-state index < -0.39 is 15.8 Å². The van der Waals surface area contributed by atoms with Gasteiger partial charge < -0.3 is 10.2 Å². The van der Waals surface area contributed by atoms with Crippen LogP contribution in [0.5, 0.6) is 0 Å². The molecule has 3 rings (SSSR count). The average Bonchev–Trinajstić information content (AvgIpc) is 3.10. The maximum atomic E-state index is 13.9. The molecule has 1 aromatic carbocycles. The molecule has 1 amide bonds. The molecular formula is C18H26FN3O3S.